The van der Waals surface area contributed by atoms with Gasteiger partial charge in [-0.25, -0.2) is 4.68 Å². The number of halogens is 1. The average molecular weight is 336 g/mol. The Labute approximate surface area is 141 Å². The summed E-state index contributed by atoms with van der Waals surface area (Å²) < 4.78 is 1.58. The van der Waals surface area contributed by atoms with Gasteiger partial charge < -0.3 is 10.4 Å². The zero-order chi connectivity index (χ0) is 17.0. The fourth-order valence-corrected chi connectivity index (χ4v) is 2.72. The lowest BCUT2D eigenvalue weighted by molar-refractivity contribution is 0.0897. The maximum Gasteiger partial charge on any atom is 0.271 e. The first kappa shape index (κ1) is 17.5. The number of rotatable bonds is 6. The molecule has 0 radical (unpaired) electrons. The molecule has 1 heterocycles. The molecule has 5 nitrogen and oxygen atoms in total. The summed E-state index contributed by atoms with van der Waals surface area (Å²) in [7, 11) is 0. The van der Waals surface area contributed by atoms with E-state index < -0.39 is 6.10 Å². The van der Waals surface area contributed by atoms with E-state index in [0.717, 1.165) is 5.69 Å². The Kier molecular flexibility index (Phi) is 5.44. The highest BCUT2D eigenvalue weighted by Crippen LogP contribution is 2.21. The minimum atomic E-state index is -0.402. The fraction of sp³-hybridized carbons (Fsp3) is 0.412. The Bertz CT molecular complexity index is 680. The summed E-state index contributed by atoms with van der Waals surface area (Å²) in [4.78, 5) is 12.2. The maximum absolute atomic E-state index is 12.2. The van der Waals surface area contributed by atoms with Gasteiger partial charge in [-0.1, -0.05) is 37.6 Å². The van der Waals surface area contributed by atoms with Crippen LogP contribution in [0.2, 0.25) is 5.02 Å². The van der Waals surface area contributed by atoms with Crippen LogP contribution in [0.5, 0.6) is 0 Å². The molecular weight excluding hydrogens is 314 g/mol. The largest absolute Gasteiger partial charge is 0.393 e. The third-order valence-corrected chi connectivity index (χ3v) is 3.82. The molecule has 0 saturated heterocycles. The molecule has 2 rings (SSSR count). The predicted octanol–water partition coefficient (Wildman–Crippen LogP) is 3.05. The van der Waals surface area contributed by atoms with Crippen molar-refractivity contribution >= 4 is 17.5 Å². The van der Waals surface area contributed by atoms with Gasteiger partial charge in [-0.05, 0) is 37.0 Å². The van der Waals surface area contributed by atoms with E-state index in [-0.39, 0.29) is 11.3 Å². The van der Waals surface area contributed by atoms with Gasteiger partial charge in [-0.15, -0.1) is 0 Å². The predicted molar refractivity (Wildman–Crippen MR) is 91.0 cm³/mol. The van der Waals surface area contributed by atoms with Crippen molar-refractivity contribution in [3.8, 4) is 5.69 Å². The van der Waals surface area contributed by atoms with E-state index in [0.29, 0.717) is 23.7 Å². The van der Waals surface area contributed by atoms with Crippen LogP contribution in [0.3, 0.4) is 0 Å². The van der Waals surface area contributed by atoms with E-state index >= 15 is 0 Å². The van der Waals surface area contributed by atoms with E-state index in [1.165, 1.54) is 0 Å². The van der Waals surface area contributed by atoms with Crippen molar-refractivity contribution in [3.05, 3.63) is 47.2 Å². The number of hydrogen-bond donors (Lipinski definition) is 2. The van der Waals surface area contributed by atoms with E-state index in [9.17, 15) is 9.90 Å². The van der Waals surface area contributed by atoms with Crippen LogP contribution in [0.1, 0.15) is 37.7 Å². The summed E-state index contributed by atoms with van der Waals surface area (Å²) in [5.41, 5.74) is 0.871. The number of hydrogen-bond acceptors (Lipinski definition) is 3. The quantitative estimate of drug-likeness (QED) is 0.852. The Morgan fingerprint density at radius 2 is 2.09 bits per heavy atom. The van der Waals surface area contributed by atoms with Gasteiger partial charge in [-0.3, -0.25) is 4.79 Å². The summed E-state index contributed by atoms with van der Waals surface area (Å²) in [6.07, 6.45) is 1.92. The normalized spacial score (nSPS) is 12.9. The summed E-state index contributed by atoms with van der Waals surface area (Å²) in [6, 6.07) is 8.97. The maximum atomic E-state index is 12.2. The molecule has 0 saturated carbocycles. The average Bonchev–Trinajstić information content (AvgIpc) is 2.93. The molecule has 2 aromatic rings. The second kappa shape index (κ2) is 7.15. The van der Waals surface area contributed by atoms with Gasteiger partial charge in [0, 0.05) is 12.7 Å². The molecule has 0 bridgehead atoms. The molecule has 0 fully saturated rings. The summed E-state index contributed by atoms with van der Waals surface area (Å²) in [6.45, 7) is 6.22. The minimum absolute atomic E-state index is 0.185. The highest BCUT2D eigenvalue weighted by atomic mass is 35.5. The zero-order valence-electron chi connectivity index (χ0n) is 13.6. The number of aliphatic hydroxyl groups excluding tert-OH is 1. The van der Waals surface area contributed by atoms with Crippen molar-refractivity contribution in [3.63, 3.8) is 0 Å². The lowest BCUT2D eigenvalue weighted by Crippen LogP contribution is -2.35. The number of benzene rings is 1. The molecule has 23 heavy (non-hydrogen) atoms. The smallest absolute Gasteiger partial charge is 0.271 e. The standard InChI is InChI=1S/C17H22ClN3O2/c1-12(22)10-17(2,3)11-19-16(23)14-8-9-21(20-14)15-7-5-4-6-13(15)18/h4-9,12,22H,10-11H2,1-3H3,(H,19,23). The summed E-state index contributed by atoms with van der Waals surface area (Å²) in [5.74, 6) is -0.241. The Morgan fingerprint density at radius 1 is 1.39 bits per heavy atom. The molecule has 1 amide bonds. The van der Waals surface area contributed by atoms with E-state index in [1.54, 1.807) is 29.9 Å². The first-order chi connectivity index (χ1) is 10.8. The van der Waals surface area contributed by atoms with Crippen LogP contribution in [0.4, 0.5) is 0 Å². The number of nitrogens with one attached hydrogen (secondary N) is 1. The van der Waals surface area contributed by atoms with E-state index in [2.05, 4.69) is 10.4 Å². The molecule has 0 aliphatic rings. The molecule has 124 valence electrons. The second-order valence-electron chi connectivity index (χ2n) is 6.50. The Hall–Kier alpha value is -1.85. The zero-order valence-corrected chi connectivity index (χ0v) is 14.3. The van der Waals surface area contributed by atoms with Crippen LogP contribution >= 0.6 is 11.6 Å². The van der Waals surface area contributed by atoms with Gasteiger partial charge in [0.15, 0.2) is 5.69 Å². The third kappa shape index (κ3) is 4.81. The summed E-state index contributed by atoms with van der Waals surface area (Å²) >= 11 is 6.13. The molecule has 0 spiro atoms. The molecule has 6 heteroatoms. The van der Waals surface area contributed by atoms with Gasteiger partial charge in [0.25, 0.3) is 5.91 Å². The number of aliphatic hydroxyl groups is 1. The molecule has 1 unspecified atom stereocenters. The van der Waals surface area contributed by atoms with Crippen molar-refractivity contribution < 1.29 is 9.90 Å². The number of carbonyl (C=O) groups is 1. The number of carbonyl (C=O) groups excluding carboxylic acids is 1. The van der Waals surface area contributed by atoms with Crippen molar-refractivity contribution in [2.75, 3.05) is 6.54 Å². The highest BCUT2D eigenvalue weighted by Gasteiger charge is 2.22. The van der Waals surface area contributed by atoms with Crippen LogP contribution in [0.25, 0.3) is 5.69 Å². The van der Waals surface area contributed by atoms with Crippen molar-refractivity contribution in [1.82, 2.24) is 15.1 Å². The molecular formula is C17H22ClN3O2. The van der Waals surface area contributed by atoms with Crippen LogP contribution in [0.15, 0.2) is 36.5 Å². The Balaban J connectivity index is 2.03. The SMILES string of the molecule is CC(O)CC(C)(C)CNC(=O)c1ccn(-c2ccccc2Cl)n1. The second-order valence-corrected chi connectivity index (χ2v) is 6.90. The van der Waals surface area contributed by atoms with Crippen LogP contribution in [-0.4, -0.2) is 33.4 Å². The number of amides is 1. The number of aromatic nitrogens is 2. The molecule has 1 atom stereocenters. The van der Waals surface area contributed by atoms with Gasteiger partial charge in [-0.2, -0.15) is 5.10 Å². The lowest BCUT2D eigenvalue weighted by atomic mass is 9.87. The van der Waals surface area contributed by atoms with Gasteiger partial charge in [0.1, 0.15) is 0 Å². The highest BCUT2D eigenvalue weighted by molar-refractivity contribution is 6.32. The minimum Gasteiger partial charge on any atom is -0.393 e. The van der Waals surface area contributed by atoms with Crippen molar-refractivity contribution in [1.29, 1.82) is 0 Å². The Morgan fingerprint density at radius 3 is 2.74 bits per heavy atom. The first-order valence-corrected chi connectivity index (χ1v) is 7.93. The summed E-state index contributed by atoms with van der Waals surface area (Å²) in [5, 5.41) is 17.2. The molecule has 1 aromatic carbocycles. The monoisotopic (exact) mass is 335 g/mol. The van der Waals surface area contributed by atoms with E-state index in [1.807, 2.05) is 32.0 Å². The topological polar surface area (TPSA) is 67.2 Å². The molecule has 0 aliphatic heterocycles. The van der Waals surface area contributed by atoms with Crippen LogP contribution in [-0.2, 0) is 0 Å². The van der Waals surface area contributed by atoms with Crippen LogP contribution in [0, 0.1) is 5.41 Å². The van der Waals surface area contributed by atoms with Gasteiger partial charge in [0.05, 0.1) is 16.8 Å². The lowest BCUT2D eigenvalue weighted by Gasteiger charge is -2.26. The van der Waals surface area contributed by atoms with Gasteiger partial charge in [0.2, 0.25) is 0 Å². The number of nitrogens with zero attached hydrogens (tertiary/aromatic N) is 2. The fourth-order valence-electron chi connectivity index (χ4n) is 2.50. The van der Waals surface area contributed by atoms with Crippen molar-refractivity contribution in [2.45, 2.75) is 33.3 Å². The van der Waals surface area contributed by atoms with Gasteiger partial charge >= 0.3 is 0 Å². The van der Waals surface area contributed by atoms with E-state index in [4.69, 9.17) is 11.6 Å². The third-order valence-electron chi connectivity index (χ3n) is 3.50. The molecule has 0 aliphatic carbocycles. The van der Waals surface area contributed by atoms with Crippen molar-refractivity contribution in [2.24, 2.45) is 5.41 Å². The molecule has 1 aromatic heterocycles. The van der Waals surface area contributed by atoms with Crippen LogP contribution < -0.4 is 5.32 Å². The first-order valence-electron chi connectivity index (χ1n) is 7.55. The molecule has 2 N–H and O–H groups in total. The number of para-hydroxylation sites is 1.